The number of hydrogen-bond donors (Lipinski definition) is 2. The highest BCUT2D eigenvalue weighted by molar-refractivity contribution is 7.14. The van der Waals surface area contributed by atoms with Gasteiger partial charge in [0.1, 0.15) is 5.70 Å². The van der Waals surface area contributed by atoms with Crippen LogP contribution in [0, 0.1) is 0 Å². The molecular formula is C25H21ClN2O3S. The predicted molar refractivity (Wildman–Crippen MR) is 130 cm³/mol. The standard InChI is InChI=1S/C25H21ClN2O3S/c1-17(15-26)23-13-12-20(32-23)14-21(28-24(30)19-10-6-3-7-11-19)25(31)27-16-22(29)18-8-4-2-5-9-18/h2-14H,1,15-16H2,(H,27,31)(H,28,30). The number of allylic oxidation sites excluding steroid dienone is 1. The first-order valence-corrected chi connectivity index (χ1v) is 11.1. The number of halogens is 1. The van der Waals surface area contributed by atoms with Crippen LogP contribution in [0.15, 0.2) is 85.1 Å². The smallest absolute Gasteiger partial charge is 0.268 e. The third-order valence-corrected chi connectivity index (χ3v) is 5.91. The lowest BCUT2D eigenvalue weighted by Gasteiger charge is -2.11. The Morgan fingerprint density at radius 2 is 1.53 bits per heavy atom. The topological polar surface area (TPSA) is 75.3 Å². The van der Waals surface area contributed by atoms with Crippen molar-refractivity contribution in [3.8, 4) is 0 Å². The van der Waals surface area contributed by atoms with Crippen molar-refractivity contribution in [3.05, 3.63) is 106 Å². The van der Waals surface area contributed by atoms with E-state index in [1.807, 2.05) is 18.2 Å². The molecule has 0 fully saturated rings. The molecule has 0 aliphatic heterocycles. The Hall–Kier alpha value is -3.48. The van der Waals surface area contributed by atoms with E-state index >= 15 is 0 Å². The molecular weight excluding hydrogens is 444 g/mol. The second-order valence-corrected chi connectivity index (χ2v) is 8.17. The molecule has 0 atom stereocenters. The lowest BCUT2D eigenvalue weighted by atomic mass is 10.1. The van der Waals surface area contributed by atoms with Crippen LogP contribution in [0.4, 0.5) is 0 Å². The summed E-state index contributed by atoms with van der Waals surface area (Å²) in [5, 5.41) is 5.25. The lowest BCUT2D eigenvalue weighted by molar-refractivity contribution is -0.117. The fourth-order valence-corrected chi connectivity index (χ4v) is 3.90. The molecule has 5 nitrogen and oxygen atoms in total. The van der Waals surface area contributed by atoms with Crippen LogP contribution in [0.3, 0.4) is 0 Å². The summed E-state index contributed by atoms with van der Waals surface area (Å²) in [7, 11) is 0. The van der Waals surface area contributed by atoms with E-state index in [2.05, 4.69) is 17.2 Å². The number of carbonyl (C=O) groups excluding carboxylic acids is 3. The molecule has 0 saturated heterocycles. The molecule has 162 valence electrons. The van der Waals surface area contributed by atoms with E-state index in [0.29, 0.717) is 17.0 Å². The first kappa shape index (κ1) is 23.2. The zero-order valence-electron chi connectivity index (χ0n) is 17.1. The molecule has 3 aromatic rings. The number of nitrogens with one attached hydrogen (secondary N) is 2. The average Bonchev–Trinajstić information content (AvgIpc) is 3.31. The highest BCUT2D eigenvalue weighted by Crippen LogP contribution is 2.25. The first-order chi connectivity index (χ1) is 15.5. The van der Waals surface area contributed by atoms with Gasteiger partial charge in [-0.25, -0.2) is 0 Å². The fourth-order valence-electron chi connectivity index (χ4n) is 2.75. The van der Waals surface area contributed by atoms with Crippen LogP contribution in [0.5, 0.6) is 0 Å². The highest BCUT2D eigenvalue weighted by Gasteiger charge is 2.16. The van der Waals surface area contributed by atoms with Crippen LogP contribution in [0.1, 0.15) is 30.5 Å². The Morgan fingerprint density at radius 3 is 2.16 bits per heavy atom. The number of thiophene rings is 1. The molecule has 0 unspecified atom stereocenters. The van der Waals surface area contributed by atoms with Gasteiger partial charge in [0.05, 0.1) is 6.54 Å². The predicted octanol–water partition coefficient (Wildman–Crippen LogP) is 4.77. The summed E-state index contributed by atoms with van der Waals surface area (Å²) in [6.45, 7) is 3.71. The highest BCUT2D eigenvalue weighted by atomic mass is 35.5. The van der Waals surface area contributed by atoms with Crippen molar-refractivity contribution >= 4 is 52.2 Å². The number of alkyl halides is 1. The first-order valence-electron chi connectivity index (χ1n) is 9.76. The van der Waals surface area contributed by atoms with Crippen molar-refractivity contribution in [1.82, 2.24) is 10.6 Å². The molecule has 0 aliphatic carbocycles. The van der Waals surface area contributed by atoms with Gasteiger partial charge in [-0.05, 0) is 35.9 Å². The van der Waals surface area contributed by atoms with Gasteiger partial charge in [0.25, 0.3) is 11.8 Å². The van der Waals surface area contributed by atoms with Crippen molar-refractivity contribution in [2.75, 3.05) is 12.4 Å². The summed E-state index contributed by atoms with van der Waals surface area (Å²) >= 11 is 7.25. The molecule has 32 heavy (non-hydrogen) atoms. The van der Waals surface area contributed by atoms with Gasteiger partial charge in [-0.15, -0.1) is 22.9 Å². The van der Waals surface area contributed by atoms with E-state index in [-0.39, 0.29) is 18.0 Å². The molecule has 0 spiro atoms. The Morgan fingerprint density at radius 1 is 0.906 bits per heavy atom. The Bertz CT molecular complexity index is 1150. The van der Waals surface area contributed by atoms with Crippen molar-refractivity contribution in [1.29, 1.82) is 0 Å². The van der Waals surface area contributed by atoms with E-state index in [0.717, 1.165) is 15.3 Å². The molecule has 0 bridgehead atoms. The van der Waals surface area contributed by atoms with Gasteiger partial charge < -0.3 is 10.6 Å². The molecule has 2 N–H and O–H groups in total. The van der Waals surface area contributed by atoms with Gasteiger partial charge in [0, 0.05) is 26.8 Å². The number of Topliss-reactive ketones (excluding diaryl/α,β-unsaturated/α-hetero) is 1. The van der Waals surface area contributed by atoms with Gasteiger partial charge in [-0.1, -0.05) is 55.1 Å². The second kappa shape index (κ2) is 11.2. The maximum Gasteiger partial charge on any atom is 0.268 e. The molecule has 0 aliphatic rings. The van der Waals surface area contributed by atoms with Gasteiger partial charge in [0.15, 0.2) is 5.78 Å². The zero-order valence-corrected chi connectivity index (χ0v) is 18.7. The molecule has 1 heterocycles. The normalized spacial score (nSPS) is 11.0. The largest absolute Gasteiger partial charge is 0.343 e. The van der Waals surface area contributed by atoms with E-state index < -0.39 is 11.8 Å². The molecule has 0 saturated carbocycles. The Labute approximate surface area is 195 Å². The van der Waals surface area contributed by atoms with E-state index in [4.69, 9.17) is 11.6 Å². The fraction of sp³-hybridized carbons (Fsp3) is 0.0800. The van der Waals surface area contributed by atoms with Crippen LogP contribution in [0.2, 0.25) is 0 Å². The minimum atomic E-state index is -0.565. The zero-order chi connectivity index (χ0) is 22.9. The van der Waals surface area contributed by atoms with E-state index in [1.165, 1.54) is 11.3 Å². The average molecular weight is 465 g/mol. The quantitative estimate of drug-likeness (QED) is 0.272. The molecule has 0 radical (unpaired) electrons. The van der Waals surface area contributed by atoms with Crippen molar-refractivity contribution in [2.24, 2.45) is 0 Å². The van der Waals surface area contributed by atoms with Gasteiger partial charge >= 0.3 is 0 Å². The molecule has 2 amide bonds. The van der Waals surface area contributed by atoms with Gasteiger partial charge in [0.2, 0.25) is 0 Å². The van der Waals surface area contributed by atoms with Gasteiger partial charge in [-0.3, -0.25) is 14.4 Å². The van der Waals surface area contributed by atoms with Crippen LogP contribution in [-0.2, 0) is 4.79 Å². The molecule has 1 aromatic heterocycles. The van der Waals surface area contributed by atoms with E-state index in [1.54, 1.807) is 60.7 Å². The number of rotatable bonds is 9. The van der Waals surface area contributed by atoms with Crippen molar-refractivity contribution in [2.45, 2.75) is 0 Å². The maximum atomic E-state index is 12.9. The Balaban J connectivity index is 1.79. The number of carbonyl (C=O) groups is 3. The number of amides is 2. The summed E-state index contributed by atoms with van der Waals surface area (Å²) in [5.74, 6) is -0.930. The monoisotopic (exact) mass is 464 g/mol. The summed E-state index contributed by atoms with van der Waals surface area (Å²) in [5.41, 5.74) is 1.71. The van der Waals surface area contributed by atoms with Crippen molar-refractivity contribution < 1.29 is 14.4 Å². The summed E-state index contributed by atoms with van der Waals surface area (Å²) in [6.07, 6.45) is 1.57. The number of benzene rings is 2. The summed E-state index contributed by atoms with van der Waals surface area (Å²) in [6, 6.07) is 20.9. The minimum absolute atomic E-state index is 0.0320. The number of hydrogen-bond acceptors (Lipinski definition) is 4. The summed E-state index contributed by atoms with van der Waals surface area (Å²) in [4.78, 5) is 39.5. The maximum absolute atomic E-state index is 12.9. The van der Waals surface area contributed by atoms with Crippen LogP contribution >= 0.6 is 22.9 Å². The van der Waals surface area contributed by atoms with Crippen LogP contribution in [-0.4, -0.2) is 30.0 Å². The SMILES string of the molecule is C=C(CCl)c1ccc(C=C(NC(=O)c2ccccc2)C(=O)NCC(=O)c2ccccc2)s1. The minimum Gasteiger partial charge on any atom is -0.343 e. The van der Waals surface area contributed by atoms with Crippen LogP contribution < -0.4 is 10.6 Å². The molecule has 7 heteroatoms. The molecule has 3 rings (SSSR count). The van der Waals surface area contributed by atoms with Crippen LogP contribution in [0.25, 0.3) is 11.6 Å². The molecule has 2 aromatic carbocycles. The second-order valence-electron chi connectivity index (χ2n) is 6.79. The van der Waals surface area contributed by atoms with Crippen molar-refractivity contribution in [3.63, 3.8) is 0 Å². The van der Waals surface area contributed by atoms with E-state index in [9.17, 15) is 14.4 Å². The summed E-state index contributed by atoms with van der Waals surface area (Å²) < 4.78 is 0. The number of ketones is 1. The third kappa shape index (κ3) is 6.26. The third-order valence-electron chi connectivity index (χ3n) is 4.46. The Kier molecular flexibility index (Phi) is 8.14. The van der Waals surface area contributed by atoms with Gasteiger partial charge in [-0.2, -0.15) is 0 Å². The lowest BCUT2D eigenvalue weighted by Crippen LogP contribution is -2.37.